The van der Waals surface area contributed by atoms with Crippen LogP contribution in [0.4, 0.5) is 0 Å². The highest BCUT2D eigenvalue weighted by atomic mass is 32.2. The highest BCUT2D eigenvalue weighted by Gasteiger charge is 2.53. The minimum atomic E-state index is 0.340. The van der Waals surface area contributed by atoms with Crippen LogP contribution in [-0.4, -0.2) is 23.2 Å². The first-order valence-corrected chi connectivity index (χ1v) is 7.50. The van der Waals surface area contributed by atoms with Crippen LogP contribution in [0.3, 0.4) is 0 Å². The minimum absolute atomic E-state index is 0.340. The molecule has 1 N–H and O–H groups in total. The molecule has 0 radical (unpaired) electrons. The van der Waals surface area contributed by atoms with E-state index in [1.807, 2.05) is 11.8 Å². The highest BCUT2D eigenvalue weighted by molar-refractivity contribution is 7.99. The van der Waals surface area contributed by atoms with E-state index in [0.717, 1.165) is 23.5 Å². The number of aliphatic hydroxyl groups excluding tert-OH is 1. The van der Waals surface area contributed by atoms with Gasteiger partial charge >= 0.3 is 0 Å². The van der Waals surface area contributed by atoms with E-state index < -0.39 is 0 Å². The average Bonchev–Trinajstić information content (AvgIpc) is 2.24. The Kier molecular flexibility index (Phi) is 3.67. The Balaban J connectivity index is 1.74. The molecule has 3 atom stereocenters. The smallest absolute Gasteiger partial charge is 0.0521 e. The second-order valence-corrected chi connectivity index (χ2v) is 7.05. The maximum absolute atomic E-state index is 8.73. The maximum atomic E-state index is 8.73. The molecular weight excluding hydrogens is 204 g/mol. The van der Waals surface area contributed by atoms with Gasteiger partial charge in [0, 0.05) is 5.75 Å². The lowest BCUT2D eigenvalue weighted by molar-refractivity contribution is -0.105. The third-order valence-corrected chi connectivity index (χ3v) is 5.87. The summed E-state index contributed by atoms with van der Waals surface area (Å²) in [7, 11) is 0. The van der Waals surface area contributed by atoms with Crippen LogP contribution in [0.5, 0.6) is 0 Å². The third-order valence-electron chi connectivity index (χ3n) is 4.87. The van der Waals surface area contributed by atoms with Crippen molar-refractivity contribution in [3.63, 3.8) is 0 Å². The molecule has 0 amide bonds. The van der Waals surface area contributed by atoms with E-state index in [1.54, 1.807) is 0 Å². The first kappa shape index (κ1) is 11.8. The van der Waals surface area contributed by atoms with Gasteiger partial charge < -0.3 is 5.11 Å². The lowest BCUT2D eigenvalue weighted by Crippen LogP contribution is -2.52. The maximum Gasteiger partial charge on any atom is 0.0521 e. The molecule has 3 rings (SSSR count). The van der Waals surface area contributed by atoms with Crippen molar-refractivity contribution in [3.05, 3.63) is 0 Å². The standard InChI is InChI=1S/C13H24OS/c1-13(2)11-4-3-10(12(13)9-11)5-7-15-8-6-14/h10-12,14H,3-9H2,1-2H3/t10-,11-,12+/m0/s1. The largest absolute Gasteiger partial charge is 0.396 e. The van der Waals surface area contributed by atoms with E-state index in [0.29, 0.717) is 12.0 Å². The topological polar surface area (TPSA) is 20.2 Å². The Hall–Kier alpha value is 0.310. The first-order chi connectivity index (χ1) is 7.16. The quantitative estimate of drug-likeness (QED) is 0.729. The molecule has 1 nitrogen and oxygen atoms in total. The van der Waals surface area contributed by atoms with Gasteiger partial charge in [-0.2, -0.15) is 11.8 Å². The first-order valence-electron chi connectivity index (χ1n) is 6.35. The molecule has 3 fully saturated rings. The molecule has 0 aromatic heterocycles. The number of hydrogen-bond donors (Lipinski definition) is 1. The predicted octanol–water partition coefficient (Wildman–Crippen LogP) is 3.17. The second kappa shape index (κ2) is 4.67. The molecular formula is C13H24OS. The molecule has 2 bridgehead atoms. The van der Waals surface area contributed by atoms with Gasteiger partial charge in [-0.25, -0.2) is 0 Å². The van der Waals surface area contributed by atoms with Gasteiger partial charge in [-0.15, -0.1) is 0 Å². The fraction of sp³-hybridized carbons (Fsp3) is 1.00. The van der Waals surface area contributed by atoms with Crippen molar-refractivity contribution in [3.8, 4) is 0 Å². The molecule has 0 heterocycles. The van der Waals surface area contributed by atoms with E-state index in [-0.39, 0.29) is 0 Å². The van der Waals surface area contributed by atoms with Gasteiger partial charge in [-0.3, -0.25) is 0 Å². The van der Waals surface area contributed by atoms with Crippen LogP contribution in [0, 0.1) is 23.2 Å². The lowest BCUT2D eigenvalue weighted by atomic mass is 9.45. The summed E-state index contributed by atoms with van der Waals surface area (Å²) in [4.78, 5) is 0. The van der Waals surface area contributed by atoms with Gasteiger partial charge in [0.1, 0.15) is 0 Å². The van der Waals surface area contributed by atoms with Crippen molar-refractivity contribution in [2.45, 2.75) is 39.5 Å². The van der Waals surface area contributed by atoms with Crippen molar-refractivity contribution < 1.29 is 5.11 Å². The zero-order valence-corrected chi connectivity index (χ0v) is 10.9. The molecule has 0 saturated heterocycles. The summed E-state index contributed by atoms with van der Waals surface area (Å²) < 4.78 is 0. The number of hydrogen-bond acceptors (Lipinski definition) is 2. The number of aliphatic hydroxyl groups is 1. The van der Waals surface area contributed by atoms with Crippen LogP contribution < -0.4 is 0 Å². The summed E-state index contributed by atoms with van der Waals surface area (Å²) in [5.41, 5.74) is 0.643. The van der Waals surface area contributed by atoms with Crippen molar-refractivity contribution in [1.29, 1.82) is 0 Å². The van der Waals surface area contributed by atoms with E-state index >= 15 is 0 Å². The molecule has 0 aromatic carbocycles. The Labute approximate surface area is 98.0 Å². The predicted molar refractivity (Wildman–Crippen MR) is 67.1 cm³/mol. The molecule has 0 unspecified atom stereocenters. The number of rotatable bonds is 5. The Morgan fingerprint density at radius 3 is 2.67 bits per heavy atom. The summed E-state index contributed by atoms with van der Waals surface area (Å²) in [6.45, 7) is 5.28. The molecule has 3 saturated carbocycles. The van der Waals surface area contributed by atoms with Gasteiger partial charge in [0.25, 0.3) is 0 Å². The molecule has 3 aliphatic rings. The van der Waals surface area contributed by atoms with Gasteiger partial charge in [0.15, 0.2) is 0 Å². The van der Waals surface area contributed by atoms with E-state index in [4.69, 9.17) is 5.11 Å². The minimum Gasteiger partial charge on any atom is -0.396 e. The van der Waals surface area contributed by atoms with Gasteiger partial charge in [0.2, 0.25) is 0 Å². The molecule has 0 aliphatic heterocycles. The summed E-state index contributed by atoms with van der Waals surface area (Å²) in [5, 5.41) is 8.73. The SMILES string of the molecule is CC1(C)[C@H]2CC[C@@H](CCSCCO)[C@H]1C2. The van der Waals surface area contributed by atoms with Crippen LogP contribution in [0.15, 0.2) is 0 Å². The van der Waals surface area contributed by atoms with E-state index in [9.17, 15) is 0 Å². The monoisotopic (exact) mass is 228 g/mol. The molecule has 15 heavy (non-hydrogen) atoms. The van der Waals surface area contributed by atoms with Crippen LogP contribution >= 0.6 is 11.8 Å². The molecule has 2 heteroatoms. The van der Waals surface area contributed by atoms with Crippen molar-refractivity contribution in [1.82, 2.24) is 0 Å². The van der Waals surface area contributed by atoms with E-state index in [1.165, 1.54) is 31.4 Å². The molecule has 88 valence electrons. The van der Waals surface area contributed by atoms with Gasteiger partial charge in [-0.05, 0) is 54.6 Å². The van der Waals surface area contributed by atoms with Crippen molar-refractivity contribution in [2.24, 2.45) is 23.2 Å². The zero-order chi connectivity index (χ0) is 10.9. The number of fused-ring (bicyclic) bond motifs is 2. The van der Waals surface area contributed by atoms with Gasteiger partial charge in [0.05, 0.1) is 6.61 Å². The van der Waals surface area contributed by atoms with E-state index in [2.05, 4.69) is 13.8 Å². The molecule has 0 aromatic rings. The van der Waals surface area contributed by atoms with Crippen molar-refractivity contribution in [2.75, 3.05) is 18.1 Å². The van der Waals surface area contributed by atoms with Crippen LogP contribution in [-0.2, 0) is 0 Å². The van der Waals surface area contributed by atoms with Gasteiger partial charge in [-0.1, -0.05) is 13.8 Å². The summed E-state index contributed by atoms with van der Waals surface area (Å²) in [6, 6.07) is 0. The third kappa shape index (κ3) is 2.21. The van der Waals surface area contributed by atoms with Crippen molar-refractivity contribution >= 4 is 11.8 Å². The Morgan fingerprint density at radius 2 is 2.07 bits per heavy atom. The Morgan fingerprint density at radius 1 is 1.27 bits per heavy atom. The highest BCUT2D eigenvalue weighted by Crippen LogP contribution is 2.62. The number of thioether (sulfide) groups is 1. The van der Waals surface area contributed by atoms with Crippen LogP contribution in [0.25, 0.3) is 0 Å². The Bertz CT molecular complexity index is 213. The van der Waals surface area contributed by atoms with Crippen LogP contribution in [0.2, 0.25) is 0 Å². The molecule has 3 aliphatic carbocycles. The lowest BCUT2D eigenvalue weighted by Gasteiger charge is -2.60. The summed E-state index contributed by atoms with van der Waals surface area (Å²) >= 11 is 1.92. The summed E-state index contributed by atoms with van der Waals surface area (Å²) in [6.07, 6.45) is 5.82. The fourth-order valence-corrected chi connectivity index (χ4v) is 4.51. The van der Waals surface area contributed by atoms with Crippen LogP contribution in [0.1, 0.15) is 39.5 Å². The average molecular weight is 228 g/mol. The molecule has 0 spiro atoms. The fourth-order valence-electron chi connectivity index (χ4n) is 3.71. The summed E-state index contributed by atoms with van der Waals surface area (Å²) in [5.74, 6) is 5.19. The zero-order valence-electron chi connectivity index (χ0n) is 10.0. The normalized spacial score (nSPS) is 37.4. The second-order valence-electron chi connectivity index (χ2n) is 5.82.